The van der Waals surface area contributed by atoms with Gasteiger partial charge in [-0.15, -0.1) is 0 Å². The summed E-state index contributed by atoms with van der Waals surface area (Å²) in [4.78, 5) is 21.3. The molecule has 1 aliphatic rings. The van der Waals surface area contributed by atoms with Gasteiger partial charge in [-0.25, -0.2) is 14.4 Å². The molecule has 0 spiro atoms. The van der Waals surface area contributed by atoms with Gasteiger partial charge in [-0.3, -0.25) is 9.48 Å². The number of nitrogens with one attached hydrogen (secondary N) is 1. The molecule has 5 rings (SSSR count). The lowest BCUT2D eigenvalue weighted by atomic mass is 10.0. The van der Waals surface area contributed by atoms with Crippen LogP contribution in [0, 0.1) is 6.92 Å². The lowest BCUT2D eigenvalue weighted by molar-refractivity contribution is 0.102. The average molecular weight is 471 g/mol. The summed E-state index contributed by atoms with van der Waals surface area (Å²) in [6, 6.07) is 10.7. The minimum absolute atomic E-state index is 0.0958. The highest BCUT2D eigenvalue weighted by atomic mass is 19.1. The third-order valence-electron chi connectivity index (χ3n) is 5.69. The number of nitrogens with zero attached hydrogens (tertiary/aromatic N) is 5. The van der Waals surface area contributed by atoms with E-state index in [2.05, 4.69) is 25.5 Å². The van der Waals surface area contributed by atoms with Crippen LogP contribution < -0.4 is 11.1 Å². The van der Waals surface area contributed by atoms with Crippen molar-refractivity contribution in [2.45, 2.75) is 26.1 Å². The number of nitrogen functional groups attached to an aromatic ring is 1. The van der Waals surface area contributed by atoms with Gasteiger partial charge in [0, 0.05) is 18.1 Å². The van der Waals surface area contributed by atoms with E-state index in [1.165, 1.54) is 12.5 Å². The summed E-state index contributed by atoms with van der Waals surface area (Å²) in [7, 11) is 0. The molecule has 9 nitrogen and oxygen atoms in total. The van der Waals surface area contributed by atoms with Gasteiger partial charge in [0.2, 0.25) is 0 Å². The van der Waals surface area contributed by atoms with Gasteiger partial charge in [0.05, 0.1) is 18.4 Å². The zero-order valence-corrected chi connectivity index (χ0v) is 18.9. The minimum atomic E-state index is -1.08. The van der Waals surface area contributed by atoms with Crippen molar-refractivity contribution in [3.8, 4) is 22.9 Å². The Bertz CT molecular complexity index is 1440. The van der Waals surface area contributed by atoms with E-state index in [9.17, 15) is 9.18 Å². The van der Waals surface area contributed by atoms with Crippen molar-refractivity contribution in [1.82, 2.24) is 24.9 Å². The highest BCUT2D eigenvalue weighted by Gasteiger charge is 2.21. The number of carbonyl (C=O) groups excluding carboxylic acids is 1. The van der Waals surface area contributed by atoms with Crippen LogP contribution in [0.2, 0.25) is 0 Å². The number of halogens is 1. The summed E-state index contributed by atoms with van der Waals surface area (Å²) in [5, 5.41) is 11.3. The number of anilines is 2. The van der Waals surface area contributed by atoms with E-state index < -0.39 is 6.17 Å². The van der Waals surface area contributed by atoms with Crippen molar-refractivity contribution in [1.29, 1.82) is 0 Å². The van der Waals surface area contributed by atoms with Crippen LogP contribution in [0.3, 0.4) is 0 Å². The molecule has 1 aliphatic carbocycles. The molecule has 0 radical (unpaired) electrons. The molecule has 0 aliphatic heterocycles. The SMILES string of the molecule is Cc1ccccc1C(=O)Nc1cnc(-c2cc(-c3ccon3)n(CC3=CC=CCC3F)n2)nc1N. The second-order valence-electron chi connectivity index (χ2n) is 8.09. The first-order chi connectivity index (χ1) is 17.0. The van der Waals surface area contributed by atoms with Gasteiger partial charge in [-0.05, 0) is 30.2 Å². The second-order valence-corrected chi connectivity index (χ2v) is 8.09. The number of alkyl halides is 1. The molecule has 0 fully saturated rings. The van der Waals surface area contributed by atoms with E-state index in [4.69, 9.17) is 10.3 Å². The summed E-state index contributed by atoms with van der Waals surface area (Å²) < 4.78 is 21.0. The first kappa shape index (κ1) is 22.2. The third kappa shape index (κ3) is 4.58. The maximum atomic E-state index is 14.4. The fourth-order valence-corrected chi connectivity index (χ4v) is 3.80. The molecular formula is C25H22FN7O2. The number of amides is 1. The summed E-state index contributed by atoms with van der Waals surface area (Å²) in [5.41, 5.74) is 9.98. The number of hydrogen-bond donors (Lipinski definition) is 2. The molecule has 1 unspecified atom stereocenters. The highest BCUT2D eigenvalue weighted by Crippen LogP contribution is 2.28. The third-order valence-corrected chi connectivity index (χ3v) is 5.69. The van der Waals surface area contributed by atoms with E-state index in [0.29, 0.717) is 34.6 Å². The Morgan fingerprint density at radius 2 is 2.14 bits per heavy atom. The molecule has 3 heterocycles. The predicted molar refractivity (Wildman–Crippen MR) is 129 cm³/mol. The standard InChI is InChI=1S/C25H22FN7O2/c1-15-6-2-4-8-17(15)25(34)29-21-13-28-24(30-23(21)27)20-12-22(19-10-11-35-32-19)33(31-20)14-16-7-3-5-9-18(16)26/h2-8,10-13,18H,9,14H2,1H3,(H,29,34)(H2,27,28,30). The molecule has 0 saturated heterocycles. The first-order valence-electron chi connectivity index (χ1n) is 11.0. The number of carbonyl (C=O) groups is 1. The van der Waals surface area contributed by atoms with Gasteiger partial charge in [-0.1, -0.05) is 41.6 Å². The van der Waals surface area contributed by atoms with Crippen LogP contribution in [-0.2, 0) is 6.54 Å². The van der Waals surface area contributed by atoms with Crippen LogP contribution in [-0.4, -0.2) is 37.0 Å². The maximum absolute atomic E-state index is 14.4. The Hall–Kier alpha value is -4.60. The fraction of sp³-hybridized carbons (Fsp3) is 0.160. The Kier molecular flexibility index (Phi) is 5.92. The highest BCUT2D eigenvalue weighted by molar-refractivity contribution is 6.06. The average Bonchev–Trinajstić information content (AvgIpc) is 3.52. The Morgan fingerprint density at radius 1 is 1.29 bits per heavy atom. The lowest BCUT2D eigenvalue weighted by Gasteiger charge is -2.15. The molecule has 176 valence electrons. The largest absolute Gasteiger partial charge is 0.382 e. The van der Waals surface area contributed by atoms with Crippen LogP contribution in [0.15, 0.2) is 77.2 Å². The van der Waals surface area contributed by atoms with Gasteiger partial charge in [0.1, 0.15) is 29.5 Å². The number of nitrogens with two attached hydrogens (primary N) is 1. The monoisotopic (exact) mass is 471 g/mol. The topological polar surface area (TPSA) is 125 Å². The smallest absolute Gasteiger partial charge is 0.256 e. The molecule has 4 aromatic rings. The van der Waals surface area contributed by atoms with E-state index >= 15 is 0 Å². The van der Waals surface area contributed by atoms with Crippen LogP contribution in [0.25, 0.3) is 22.9 Å². The van der Waals surface area contributed by atoms with E-state index in [1.54, 1.807) is 41.1 Å². The molecule has 10 heteroatoms. The normalized spacial score (nSPS) is 15.1. The molecule has 3 N–H and O–H groups in total. The predicted octanol–water partition coefficient (Wildman–Crippen LogP) is 4.36. The number of benzene rings is 1. The molecule has 0 bridgehead atoms. The molecule has 35 heavy (non-hydrogen) atoms. The summed E-state index contributed by atoms with van der Waals surface area (Å²) in [5.74, 6) is 0.0481. The number of aryl methyl sites for hydroxylation is 1. The number of aromatic nitrogens is 5. The summed E-state index contributed by atoms with van der Waals surface area (Å²) in [6.45, 7) is 2.08. The summed E-state index contributed by atoms with van der Waals surface area (Å²) >= 11 is 0. The Labute approximate surface area is 200 Å². The fourth-order valence-electron chi connectivity index (χ4n) is 3.80. The lowest BCUT2D eigenvalue weighted by Crippen LogP contribution is -2.15. The van der Waals surface area contributed by atoms with E-state index in [-0.39, 0.29) is 29.8 Å². The second kappa shape index (κ2) is 9.34. The quantitative estimate of drug-likeness (QED) is 0.428. The molecular weight excluding hydrogens is 449 g/mol. The Balaban J connectivity index is 1.44. The van der Waals surface area contributed by atoms with Gasteiger partial charge < -0.3 is 15.6 Å². The van der Waals surface area contributed by atoms with E-state index in [1.807, 2.05) is 25.1 Å². The Morgan fingerprint density at radius 3 is 2.89 bits per heavy atom. The van der Waals surface area contributed by atoms with Crippen molar-refractivity contribution >= 4 is 17.4 Å². The summed E-state index contributed by atoms with van der Waals surface area (Å²) in [6.07, 6.45) is 7.51. The molecule has 1 amide bonds. The number of hydrogen-bond acceptors (Lipinski definition) is 7. The number of rotatable bonds is 6. The van der Waals surface area contributed by atoms with Crippen molar-refractivity contribution in [3.63, 3.8) is 0 Å². The molecule has 1 aromatic carbocycles. The van der Waals surface area contributed by atoms with Crippen LogP contribution in [0.5, 0.6) is 0 Å². The molecule has 1 atom stereocenters. The van der Waals surface area contributed by atoms with E-state index in [0.717, 1.165) is 5.56 Å². The zero-order valence-electron chi connectivity index (χ0n) is 18.9. The van der Waals surface area contributed by atoms with Crippen molar-refractivity contribution in [3.05, 3.63) is 83.8 Å². The van der Waals surface area contributed by atoms with Crippen molar-refractivity contribution in [2.24, 2.45) is 0 Å². The molecule has 0 saturated carbocycles. The van der Waals surface area contributed by atoms with Gasteiger partial charge >= 0.3 is 0 Å². The maximum Gasteiger partial charge on any atom is 0.256 e. The van der Waals surface area contributed by atoms with Gasteiger partial charge in [0.25, 0.3) is 5.91 Å². The van der Waals surface area contributed by atoms with Crippen LogP contribution >= 0.6 is 0 Å². The van der Waals surface area contributed by atoms with Gasteiger partial charge in [0.15, 0.2) is 11.6 Å². The van der Waals surface area contributed by atoms with Crippen LogP contribution in [0.4, 0.5) is 15.9 Å². The minimum Gasteiger partial charge on any atom is -0.382 e. The first-order valence-corrected chi connectivity index (χ1v) is 11.0. The van der Waals surface area contributed by atoms with Gasteiger partial charge in [-0.2, -0.15) is 5.10 Å². The van der Waals surface area contributed by atoms with Crippen molar-refractivity contribution in [2.75, 3.05) is 11.1 Å². The number of allylic oxidation sites excluding steroid dienone is 4. The van der Waals surface area contributed by atoms with Crippen LogP contribution in [0.1, 0.15) is 22.3 Å². The van der Waals surface area contributed by atoms with Crippen molar-refractivity contribution < 1.29 is 13.7 Å². The zero-order chi connectivity index (χ0) is 24.4. The molecule has 3 aromatic heterocycles.